The Balaban J connectivity index is 0.00000256. The summed E-state index contributed by atoms with van der Waals surface area (Å²) in [6, 6.07) is 0. The molecule has 0 N–H and O–H groups in total. The molecule has 0 fully saturated rings. The Hall–Kier alpha value is -0.417. The SMILES string of the molecule is C=C(C)CC1=C(CC(=C)C)CCC=CCC1.[Ru+2]. The van der Waals surface area contributed by atoms with Crippen molar-refractivity contribution in [2.75, 3.05) is 0 Å². The standard InChI is InChI=1S/C16H24.Ru/c1-13(2)11-15-9-7-5-6-8-10-16(15)12-14(3)4;/h5-6H,1,3,7-12H2,2,4H3;/q;+2. The molecule has 0 aromatic carbocycles. The molecular weight excluding hydrogens is 293 g/mol. The van der Waals surface area contributed by atoms with E-state index in [-0.39, 0.29) is 19.5 Å². The molecule has 0 heterocycles. The van der Waals surface area contributed by atoms with Crippen LogP contribution in [-0.2, 0) is 19.5 Å². The minimum Gasteiger partial charge on any atom is -0.0998 e. The first-order valence-corrected chi connectivity index (χ1v) is 6.23. The van der Waals surface area contributed by atoms with Gasteiger partial charge in [0.05, 0.1) is 0 Å². The number of allylic oxidation sites excluding steroid dienone is 6. The van der Waals surface area contributed by atoms with Crippen molar-refractivity contribution in [2.24, 2.45) is 0 Å². The quantitative estimate of drug-likeness (QED) is 0.485. The molecule has 0 spiro atoms. The molecule has 94 valence electrons. The second-order valence-electron chi connectivity index (χ2n) is 5.02. The third-order valence-electron chi connectivity index (χ3n) is 2.92. The molecule has 17 heavy (non-hydrogen) atoms. The molecule has 0 nitrogen and oxygen atoms in total. The maximum Gasteiger partial charge on any atom is 2.00 e. The fraction of sp³-hybridized carbons (Fsp3) is 0.500. The summed E-state index contributed by atoms with van der Waals surface area (Å²) in [5.74, 6) is 0. The van der Waals surface area contributed by atoms with E-state index in [9.17, 15) is 0 Å². The molecule has 1 rings (SSSR count). The van der Waals surface area contributed by atoms with Gasteiger partial charge in [-0.3, -0.25) is 0 Å². The molecule has 0 bridgehead atoms. The Morgan fingerprint density at radius 2 is 1.29 bits per heavy atom. The molecular formula is C16H24Ru+2. The molecule has 1 aliphatic rings. The number of hydrogen-bond acceptors (Lipinski definition) is 0. The fourth-order valence-electron chi connectivity index (χ4n) is 2.26. The van der Waals surface area contributed by atoms with Crippen molar-refractivity contribution >= 4 is 0 Å². The Morgan fingerprint density at radius 1 is 0.941 bits per heavy atom. The van der Waals surface area contributed by atoms with Gasteiger partial charge in [-0.15, -0.1) is 0 Å². The van der Waals surface area contributed by atoms with E-state index in [1.807, 2.05) is 0 Å². The topological polar surface area (TPSA) is 0 Å². The summed E-state index contributed by atoms with van der Waals surface area (Å²) in [7, 11) is 0. The summed E-state index contributed by atoms with van der Waals surface area (Å²) in [4.78, 5) is 0. The van der Waals surface area contributed by atoms with E-state index in [1.54, 1.807) is 11.1 Å². The van der Waals surface area contributed by atoms with Crippen LogP contribution < -0.4 is 0 Å². The van der Waals surface area contributed by atoms with Crippen molar-refractivity contribution in [3.8, 4) is 0 Å². The predicted octanol–water partition coefficient (Wildman–Crippen LogP) is 5.34. The van der Waals surface area contributed by atoms with Gasteiger partial charge < -0.3 is 0 Å². The summed E-state index contributed by atoms with van der Waals surface area (Å²) >= 11 is 0. The Bertz CT molecular complexity index is 299. The van der Waals surface area contributed by atoms with Crippen LogP contribution in [0, 0.1) is 0 Å². The normalized spacial score (nSPS) is 15.9. The molecule has 0 aromatic heterocycles. The van der Waals surface area contributed by atoms with Gasteiger partial charge in [-0.25, -0.2) is 0 Å². The average molecular weight is 317 g/mol. The fourth-order valence-corrected chi connectivity index (χ4v) is 2.26. The van der Waals surface area contributed by atoms with E-state index < -0.39 is 0 Å². The van der Waals surface area contributed by atoms with Crippen LogP contribution in [0.3, 0.4) is 0 Å². The van der Waals surface area contributed by atoms with Crippen LogP contribution in [0.5, 0.6) is 0 Å². The van der Waals surface area contributed by atoms with Crippen LogP contribution >= 0.6 is 0 Å². The van der Waals surface area contributed by atoms with E-state index in [0.717, 1.165) is 12.8 Å². The van der Waals surface area contributed by atoms with Gasteiger partial charge in [0.25, 0.3) is 0 Å². The van der Waals surface area contributed by atoms with E-state index in [4.69, 9.17) is 0 Å². The molecule has 0 aliphatic heterocycles. The van der Waals surface area contributed by atoms with Gasteiger partial charge in [-0.05, 0) is 52.4 Å². The van der Waals surface area contributed by atoms with Crippen LogP contribution in [0.15, 0.2) is 47.6 Å². The zero-order valence-corrected chi connectivity index (χ0v) is 12.9. The van der Waals surface area contributed by atoms with Crippen molar-refractivity contribution in [1.82, 2.24) is 0 Å². The summed E-state index contributed by atoms with van der Waals surface area (Å²) in [5.41, 5.74) is 5.78. The maximum atomic E-state index is 4.04. The molecule has 0 aromatic rings. The van der Waals surface area contributed by atoms with Gasteiger partial charge in [0.15, 0.2) is 0 Å². The smallest absolute Gasteiger partial charge is 0.0998 e. The molecule has 0 saturated heterocycles. The Morgan fingerprint density at radius 3 is 1.59 bits per heavy atom. The van der Waals surface area contributed by atoms with E-state index in [1.165, 1.54) is 36.8 Å². The van der Waals surface area contributed by atoms with Gasteiger partial charge in [0.2, 0.25) is 0 Å². The number of hydrogen-bond donors (Lipinski definition) is 0. The van der Waals surface area contributed by atoms with Crippen LogP contribution in [-0.4, -0.2) is 0 Å². The molecule has 0 unspecified atom stereocenters. The van der Waals surface area contributed by atoms with Gasteiger partial charge in [-0.2, -0.15) is 0 Å². The monoisotopic (exact) mass is 318 g/mol. The second-order valence-corrected chi connectivity index (χ2v) is 5.02. The Labute approximate surface area is 119 Å². The molecule has 0 amide bonds. The maximum absolute atomic E-state index is 4.04. The van der Waals surface area contributed by atoms with E-state index in [2.05, 4.69) is 39.2 Å². The van der Waals surface area contributed by atoms with Gasteiger partial charge in [0.1, 0.15) is 0 Å². The second kappa shape index (κ2) is 8.64. The molecule has 0 saturated carbocycles. The zero-order valence-electron chi connectivity index (χ0n) is 11.2. The van der Waals surface area contributed by atoms with Crippen LogP contribution in [0.4, 0.5) is 0 Å². The first-order valence-electron chi connectivity index (χ1n) is 6.23. The van der Waals surface area contributed by atoms with E-state index >= 15 is 0 Å². The number of rotatable bonds is 4. The molecule has 0 radical (unpaired) electrons. The minimum absolute atomic E-state index is 0. The van der Waals surface area contributed by atoms with Crippen LogP contribution in [0.2, 0.25) is 0 Å². The summed E-state index contributed by atoms with van der Waals surface area (Å²) in [5, 5.41) is 0. The third-order valence-corrected chi connectivity index (χ3v) is 2.92. The summed E-state index contributed by atoms with van der Waals surface area (Å²) < 4.78 is 0. The molecule has 1 heteroatoms. The van der Waals surface area contributed by atoms with Crippen LogP contribution in [0.1, 0.15) is 52.4 Å². The van der Waals surface area contributed by atoms with Crippen molar-refractivity contribution in [3.05, 3.63) is 47.6 Å². The van der Waals surface area contributed by atoms with Crippen molar-refractivity contribution < 1.29 is 19.5 Å². The minimum atomic E-state index is 0. The van der Waals surface area contributed by atoms with Gasteiger partial charge >= 0.3 is 19.5 Å². The van der Waals surface area contributed by atoms with Gasteiger partial charge in [-0.1, -0.05) is 47.6 Å². The third kappa shape index (κ3) is 6.79. The van der Waals surface area contributed by atoms with Crippen molar-refractivity contribution in [1.29, 1.82) is 0 Å². The largest absolute Gasteiger partial charge is 2.00 e. The first-order chi connectivity index (χ1) is 7.59. The first kappa shape index (κ1) is 16.6. The van der Waals surface area contributed by atoms with Gasteiger partial charge in [0, 0.05) is 0 Å². The van der Waals surface area contributed by atoms with Crippen molar-refractivity contribution in [3.63, 3.8) is 0 Å². The van der Waals surface area contributed by atoms with Crippen LogP contribution in [0.25, 0.3) is 0 Å². The van der Waals surface area contributed by atoms with E-state index in [0.29, 0.717) is 0 Å². The molecule has 1 aliphatic carbocycles. The predicted molar refractivity (Wildman–Crippen MR) is 73.5 cm³/mol. The average Bonchev–Trinajstić information content (AvgIpc) is 2.15. The van der Waals surface area contributed by atoms with Crippen molar-refractivity contribution in [2.45, 2.75) is 52.4 Å². The summed E-state index contributed by atoms with van der Waals surface area (Å²) in [6.45, 7) is 12.3. The Kier molecular flexibility index (Phi) is 8.43. The summed E-state index contributed by atoms with van der Waals surface area (Å²) in [6.07, 6.45) is 11.6. The molecule has 0 atom stereocenters. The zero-order chi connectivity index (χ0) is 12.0.